The van der Waals surface area contributed by atoms with E-state index in [9.17, 15) is 28.3 Å². The van der Waals surface area contributed by atoms with Gasteiger partial charge in [-0.05, 0) is 20.0 Å². The fourth-order valence-corrected chi connectivity index (χ4v) is 2.73. The molecule has 0 aliphatic carbocycles. The number of likely N-dealkylation sites (N-methyl/N-ethyl adjacent to an activating group) is 1. The molecule has 0 atom stereocenters. The number of aromatic nitrogens is 1. The summed E-state index contributed by atoms with van der Waals surface area (Å²) < 4.78 is 28.0. The molecule has 1 heterocycles. The molecule has 1 aromatic heterocycles. The molecule has 0 aliphatic heterocycles. The lowest BCUT2D eigenvalue weighted by Gasteiger charge is -2.18. The van der Waals surface area contributed by atoms with Crippen LogP contribution in [0.25, 0.3) is 0 Å². The lowest BCUT2D eigenvalue weighted by atomic mass is 10.1. The van der Waals surface area contributed by atoms with Crippen molar-refractivity contribution in [1.29, 1.82) is 0 Å². The number of allylic oxidation sites excluding steroid dienone is 1. The van der Waals surface area contributed by atoms with Gasteiger partial charge < -0.3 is 19.9 Å². The average Bonchev–Trinajstić information content (AvgIpc) is 2.72. The van der Waals surface area contributed by atoms with Crippen LogP contribution in [0.2, 0.25) is 0 Å². The maximum Gasteiger partial charge on any atom is 0.257 e. The van der Waals surface area contributed by atoms with E-state index in [4.69, 9.17) is 0 Å². The molecular weight excluding hydrogens is 396 g/mol. The summed E-state index contributed by atoms with van der Waals surface area (Å²) in [4.78, 5) is 38.1. The molecule has 1 amide bonds. The summed E-state index contributed by atoms with van der Waals surface area (Å²) in [6.07, 6.45) is 5.37. The molecule has 0 spiro atoms. The zero-order valence-corrected chi connectivity index (χ0v) is 16.7. The van der Waals surface area contributed by atoms with Gasteiger partial charge in [0.25, 0.3) is 5.91 Å². The van der Waals surface area contributed by atoms with Crippen LogP contribution in [0.3, 0.4) is 0 Å². The second-order valence-electron chi connectivity index (χ2n) is 6.67. The summed E-state index contributed by atoms with van der Waals surface area (Å²) >= 11 is 0. The van der Waals surface area contributed by atoms with Crippen LogP contribution in [0.5, 0.6) is 5.75 Å². The number of benzene rings is 1. The first-order valence-electron chi connectivity index (χ1n) is 9.21. The molecule has 0 saturated heterocycles. The van der Waals surface area contributed by atoms with Crippen LogP contribution in [0.4, 0.5) is 8.78 Å². The van der Waals surface area contributed by atoms with Gasteiger partial charge in [-0.2, -0.15) is 0 Å². The Morgan fingerprint density at radius 1 is 1.33 bits per heavy atom. The number of hydrogen-bond donors (Lipinski definition) is 2. The monoisotopic (exact) mass is 419 g/mol. The third-order valence-corrected chi connectivity index (χ3v) is 4.48. The van der Waals surface area contributed by atoms with E-state index >= 15 is 0 Å². The van der Waals surface area contributed by atoms with Crippen LogP contribution in [0, 0.1) is 11.6 Å². The quantitative estimate of drug-likeness (QED) is 0.480. The standard InChI is InChI=1S/C21H23F2N3O4/c1-3-4-7-25(2)8-9-26-12-16(19(28)20(29)18(26)13-27)21(30)24-11-14-5-6-15(22)10-17(14)23/h3-6,10,12-13,29H,7-9,11H2,1-2H3,(H,24,30)/b4-3-. The maximum absolute atomic E-state index is 13.7. The first-order valence-corrected chi connectivity index (χ1v) is 9.21. The van der Waals surface area contributed by atoms with Crippen LogP contribution < -0.4 is 10.7 Å². The minimum absolute atomic E-state index is 0.0319. The lowest BCUT2D eigenvalue weighted by Crippen LogP contribution is -2.31. The molecule has 0 saturated carbocycles. The van der Waals surface area contributed by atoms with Gasteiger partial charge in [0.1, 0.15) is 22.9 Å². The number of nitrogens with zero attached hydrogens (tertiary/aromatic N) is 2. The van der Waals surface area contributed by atoms with Gasteiger partial charge in [-0.3, -0.25) is 14.4 Å². The number of nitrogens with one attached hydrogen (secondary N) is 1. The SMILES string of the molecule is C/C=C\CN(C)CCn1cc(C(=O)NCc2ccc(F)cc2F)c(=O)c(O)c1C=O. The van der Waals surface area contributed by atoms with Gasteiger partial charge in [0.05, 0.1) is 0 Å². The van der Waals surface area contributed by atoms with E-state index in [1.165, 1.54) is 16.8 Å². The number of halogens is 2. The Kier molecular flexibility index (Phi) is 7.99. The average molecular weight is 419 g/mol. The van der Waals surface area contributed by atoms with E-state index in [-0.39, 0.29) is 24.3 Å². The van der Waals surface area contributed by atoms with Crippen LogP contribution >= 0.6 is 0 Å². The van der Waals surface area contributed by atoms with Crippen molar-refractivity contribution in [3.8, 4) is 5.75 Å². The number of pyridine rings is 1. The van der Waals surface area contributed by atoms with E-state index < -0.39 is 34.3 Å². The highest BCUT2D eigenvalue weighted by Gasteiger charge is 2.20. The molecule has 2 aromatic rings. The first kappa shape index (κ1) is 23.0. The van der Waals surface area contributed by atoms with E-state index in [1.807, 2.05) is 31.0 Å². The van der Waals surface area contributed by atoms with Gasteiger partial charge in [0.15, 0.2) is 12.0 Å². The summed E-state index contributed by atoms with van der Waals surface area (Å²) in [6.45, 7) is 2.99. The van der Waals surface area contributed by atoms with Crippen molar-refractivity contribution in [3.05, 3.63) is 75.2 Å². The van der Waals surface area contributed by atoms with E-state index in [2.05, 4.69) is 5.32 Å². The molecule has 9 heteroatoms. The summed E-state index contributed by atoms with van der Waals surface area (Å²) in [5.74, 6) is -3.27. The highest BCUT2D eigenvalue weighted by Crippen LogP contribution is 2.13. The maximum atomic E-state index is 13.7. The van der Waals surface area contributed by atoms with Gasteiger partial charge in [-0.25, -0.2) is 8.78 Å². The van der Waals surface area contributed by atoms with Crippen molar-refractivity contribution < 1.29 is 23.5 Å². The van der Waals surface area contributed by atoms with Crippen molar-refractivity contribution in [1.82, 2.24) is 14.8 Å². The second-order valence-corrected chi connectivity index (χ2v) is 6.67. The number of aromatic hydroxyl groups is 1. The molecule has 0 fully saturated rings. The Morgan fingerprint density at radius 2 is 2.07 bits per heavy atom. The predicted octanol–water partition coefficient (Wildman–Crippen LogP) is 2.08. The Bertz CT molecular complexity index is 1020. The van der Waals surface area contributed by atoms with Crippen LogP contribution in [0.15, 0.2) is 41.3 Å². The summed E-state index contributed by atoms with van der Waals surface area (Å²) in [5, 5.41) is 12.5. The topological polar surface area (TPSA) is 91.6 Å². The molecule has 2 N–H and O–H groups in total. The van der Waals surface area contributed by atoms with Gasteiger partial charge in [-0.15, -0.1) is 0 Å². The fourth-order valence-electron chi connectivity index (χ4n) is 2.73. The summed E-state index contributed by atoms with van der Waals surface area (Å²) in [5.41, 5.74) is -1.60. The molecule has 0 aliphatic rings. The predicted molar refractivity (Wildman–Crippen MR) is 108 cm³/mol. The third kappa shape index (κ3) is 5.60. The fraction of sp³-hybridized carbons (Fsp3) is 0.286. The molecule has 2 rings (SSSR count). The number of aldehydes is 1. The van der Waals surface area contributed by atoms with Crippen molar-refractivity contribution in [2.24, 2.45) is 0 Å². The van der Waals surface area contributed by atoms with Crippen molar-refractivity contribution in [3.63, 3.8) is 0 Å². The normalized spacial score (nSPS) is 11.2. The second kappa shape index (κ2) is 10.4. The molecule has 160 valence electrons. The van der Waals surface area contributed by atoms with Crippen LogP contribution in [0.1, 0.15) is 33.3 Å². The number of amides is 1. The van der Waals surface area contributed by atoms with Crippen molar-refractivity contribution in [2.45, 2.75) is 20.0 Å². The highest BCUT2D eigenvalue weighted by atomic mass is 19.1. The molecule has 0 unspecified atom stereocenters. The molecule has 1 aromatic carbocycles. The van der Waals surface area contributed by atoms with E-state index in [0.717, 1.165) is 6.07 Å². The van der Waals surface area contributed by atoms with Gasteiger partial charge in [-0.1, -0.05) is 18.2 Å². The smallest absolute Gasteiger partial charge is 0.257 e. The third-order valence-electron chi connectivity index (χ3n) is 4.48. The minimum atomic E-state index is -1.01. The largest absolute Gasteiger partial charge is 0.503 e. The highest BCUT2D eigenvalue weighted by molar-refractivity contribution is 5.95. The van der Waals surface area contributed by atoms with Crippen LogP contribution in [-0.2, 0) is 13.1 Å². The lowest BCUT2D eigenvalue weighted by molar-refractivity contribution is 0.0946. The van der Waals surface area contributed by atoms with E-state index in [1.54, 1.807) is 0 Å². The van der Waals surface area contributed by atoms with Gasteiger partial charge in [0.2, 0.25) is 5.43 Å². The molecule has 7 nitrogen and oxygen atoms in total. The molecule has 0 bridgehead atoms. The number of carbonyl (C=O) groups is 2. The molecule has 30 heavy (non-hydrogen) atoms. The summed E-state index contributed by atoms with van der Waals surface area (Å²) in [6, 6.07) is 2.91. The Balaban J connectivity index is 2.23. The van der Waals surface area contributed by atoms with Crippen molar-refractivity contribution in [2.75, 3.05) is 20.1 Å². The number of carbonyl (C=O) groups excluding carboxylic acids is 2. The minimum Gasteiger partial charge on any atom is -0.503 e. The molecular formula is C21H23F2N3O4. The Hall–Kier alpha value is -3.33. The first-order chi connectivity index (χ1) is 14.3. The number of hydrogen-bond acceptors (Lipinski definition) is 5. The zero-order valence-electron chi connectivity index (χ0n) is 16.7. The van der Waals surface area contributed by atoms with E-state index in [0.29, 0.717) is 25.4 Å². The Morgan fingerprint density at radius 3 is 2.70 bits per heavy atom. The summed E-state index contributed by atoms with van der Waals surface area (Å²) in [7, 11) is 1.85. The van der Waals surface area contributed by atoms with Gasteiger partial charge in [0, 0.05) is 44.0 Å². The zero-order chi connectivity index (χ0) is 22.3. The molecule has 0 radical (unpaired) electrons. The van der Waals surface area contributed by atoms with Crippen LogP contribution in [-0.4, -0.2) is 46.9 Å². The van der Waals surface area contributed by atoms with Gasteiger partial charge >= 0.3 is 0 Å². The van der Waals surface area contributed by atoms with Crippen molar-refractivity contribution >= 4 is 12.2 Å². The Labute approximate surface area is 172 Å². The number of rotatable bonds is 9.